The number of benzene rings is 1. The van der Waals surface area contributed by atoms with Crippen LogP contribution in [0.2, 0.25) is 5.02 Å². The second-order valence-electron chi connectivity index (χ2n) is 5.35. The predicted molar refractivity (Wildman–Crippen MR) is 95.8 cm³/mol. The van der Waals surface area contributed by atoms with E-state index in [9.17, 15) is 9.59 Å². The summed E-state index contributed by atoms with van der Waals surface area (Å²) in [5.74, 6) is 0.156. The summed E-state index contributed by atoms with van der Waals surface area (Å²) in [6, 6.07) is 7.18. The molecule has 0 radical (unpaired) electrons. The SMILES string of the molecule is CCOC(=O)C1=C(c2ccccc2Cl)N2C(=O)CCSC2N=C1C. The lowest BCUT2D eigenvalue weighted by Crippen LogP contribution is -2.44. The second-order valence-corrected chi connectivity index (χ2v) is 6.92. The number of esters is 1. The summed E-state index contributed by atoms with van der Waals surface area (Å²) in [7, 11) is 0. The van der Waals surface area contributed by atoms with Gasteiger partial charge in [0.15, 0.2) is 5.50 Å². The van der Waals surface area contributed by atoms with Crippen molar-refractivity contribution in [3.8, 4) is 0 Å². The molecule has 1 amide bonds. The molecule has 1 atom stereocenters. The fourth-order valence-electron chi connectivity index (χ4n) is 2.79. The van der Waals surface area contributed by atoms with Gasteiger partial charge in [-0.15, -0.1) is 11.8 Å². The van der Waals surface area contributed by atoms with Gasteiger partial charge in [-0.25, -0.2) is 4.79 Å². The van der Waals surface area contributed by atoms with E-state index in [1.54, 1.807) is 42.6 Å². The van der Waals surface area contributed by atoms with Crippen LogP contribution >= 0.6 is 23.4 Å². The Kier molecular flexibility index (Phi) is 4.96. The van der Waals surface area contributed by atoms with Crippen molar-refractivity contribution in [3.05, 3.63) is 40.4 Å². The lowest BCUT2D eigenvalue weighted by molar-refractivity contribution is -0.137. The minimum Gasteiger partial charge on any atom is -0.462 e. The Morgan fingerprint density at radius 3 is 2.92 bits per heavy atom. The van der Waals surface area contributed by atoms with E-state index < -0.39 is 5.97 Å². The number of ether oxygens (including phenoxy) is 1. The van der Waals surface area contributed by atoms with Crippen molar-refractivity contribution in [2.24, 2.45) is 4.99 Å². The van der Waals surface area contributed by atoms with E-state index in [0.717, 1.165) is 0 Å². The van der Waals surface area contributed by atoms with Crippen molar-refractivity contribution < 1.29 is 14.3 Å². The van der Waals surface area contributed by atoms with Crippen LogP contribution in [0.1, 0.15) is 25.8 Å². The Morgan fingerprint density at radius 2 is 2.21 bits per heavy atom. The highest BCUT2D eigenvalue weighted by Gasteiger charge is 2.39. The number of hydrogen-bond acceptors (Lipinski definition) is 5. The predicted octanol–water partition coefficient (Wildman–Crippen LogP) is 3.34. The van der Waals surface area contributed by atoms with Gasteiger partial charge in [0, 0.05) is 22.8 Å². The Labute approximate surface area is 149 Å². The lowest BCUT2D eigenvalue weighted by atomic mass is 9.99. The van der Waals surface area contributed by atoms with E-state index in [1.807, 2.05) is 12.1 Å². The van der Waals surface area contributed by atoms with Gasteiger partial charge >= 0.3 is 5.97 Å². The monoisotopic (exact) mass is 364 g/mol. The van der Waals surface area contributed by atoms with Gasteiger partial charge in [0.25, 0.3) is 0 Å². The van der Waals surface area contributed by atoms with Gasteiger partial charge in [-0.05, 0) is 19.9 Å². The summed E-state index contributed by atoms with van der Waals surface area (Å²) in [6.45, 7) is 3.76. The number of carbonyl (C=O) groups is 2. The average molecular weight is 365 g/mol. The van der Waals surface area contributed by atoms with Crippen LogP contribution in [0.15, 0.2) is 34.8 Å². The maximum Gasteiger partial charge on any atom is 0.342 e. The molecule has 0 aromatic heterocycles. The molecule has 2 heterocycles. The first-order valence-corrected chi connectivity index (χ1v) is 9.12. The Bertz CT molecular complexity index is 760. The number of nitrogens with zero attached hydrogens (tertiary/aromatic N) is 2. The number of fused-ring (bicyclic) bond motifs is 1. The highest BCUT2D eigenvalue weighted by atomic mass is 35.5. The number of halogens is 1. The topological polar surface area (TPSA) is 59.0 Å². The highest BCUT2D eigenvalue weighted by Crippen LogP contribution is 2.40. The molecule has 0 aliphatic carbocycles. The summed E-state index contributed by atoms with van der Waals surface area (Å²) in [5.41, 5.74) is 1.63. The first kappa shape index (κ1) is 17.0. The van der Waals surface area contributed by atoms with Crippen molar-refractivity contribution in [1.82, 2.24) is 4.90 Å². The smallest absolute Gasteiger partial charge is 0.342 e. The van der Waals surface area contributed by atoms with E-state index in [2.05, 4.69) is 4.99 Å². The largest absolute Gasteiger partial charge is 0.462 e. The van der Waals surface area contributed by atoms with Gasteiger partial charge < -0.3 is 4.74 Å². The van der Waals surface area contributed by atoms with Crippen LogP contribution in [0.5, 0.6) is 0 Å². The molecule has 7 heteroatoms. The van der Waals surface area contributed by atoms with Crippen LogP contribution in [0.3, 0.4) is 0 Å². The number of rotatable bonds is 3. The average Bonchev–Trinajstić information content (AvgIpc) is 2.54. The van der Waals surface area contributed by atoms with E-state index in [1.165, 1.54) is 0 Å². The number of carbonyl (C=O) groups excluding carboxylic acids is 2. The van der Waals surface area contributed by atoms with Gasteiger partial charge in [0.2, 0.25) is 5.91 Å². The van der Waals surface area contributed by atoms with Gasteiger partial charge in [0.05, 0.1) is 18.0 Å². The molecule has 0 bridgehead atoms. The van der Waals surface area contributed by atoms with Crippen molar-refractivity contribution in [2.45, 2.75) is 25.8 Å². The molecule has 0 N–H and O–H groups in total. The van der Waals surface area contributed by atoms with Crippen molar-refractivity contribution >= 4 is 46.6 Å². The van der Waals surface area contributed by atoms with Gasteiger partial charge in [-0.2, -0.15) is 0 Å². The number of aliphatic imine (C=N–C) groups is 1. The van der Waals surface area contributed by atoms with E-state index in [4.69, 9.17) is 16.3 Å². The summed E-state index contributed by atoms with van der Waals surface area (Å²) in [4.78, 5) is 31.2. The van der Waals surface area contributed by atoms with E-state index in [0.29, 0.717) is 39.7 Å². The molecule has 5 nitrogen and oxygen atoms in total. The molecule has 126 valence electrons. The molecule has 24 heavy (non-hydrogen) atoms. The fraction of sp³-hybridized carbons (Fsp3) is 0.353. The minimum atomic E-state index is -0.490. The number of thioether (sulfide) groups is 1. The molecule has 1 saturated heterocycles. The lowest BCUT2D eigenvalue weighted by Gasteiger charge is -2.38. The summed E-state index contributed by atoms with van der Waals surface area (Å²) in [5, 5.41) is 0.478. The quantitative estimate of drug-likeness (QED) is 0.772. The van der Waals surface area contributed by atoms with E-state index >= 15 is 0 Å². The van der Waals surface area contributed by atoms with Crippen LogP contribution < -0.4 is 0 Å². The second kappa shape index (κ2) is 6.99. The van der Waals surface area contributed by atoms with Crippen molar-refractivity contribution in [2.75, 3.05) is 12.4 Å². The number of hydrogen-bond donors (Lipinski definition) is 0. The minimum absolute atomic E-state index is 0.0632. The molecule has 1 unspecified atom stereocenters. The zero-order valence-electron chi connectivity index (χ0n) is 13.4. The van der Waals surface area contributed by atoms with Gasteiger partial charge in [-0.1, -0.05) is 29.8 Å². The molecule has 3 rings (SSSR count). The summed E-state index contributed by atoms with van der Waals surface area (Å²) < 4.78 is 5.19. The summed E-state index contributed by atoms with van der Waals surface area (Å²) >= 11 is 7.93. The molecule has 1 aromatic carbocycles. The van der Waals surface area contributed by atoms with Crippen LogP contribution in [-0.4, -0.2) is 40.3 Å². The van der Waals surface area contributed by atoms with Crippen molar-refractivity contribution in [1.29, 1.82) is 0 Å². The highest BCUT2D eigenvalue weighted by molar-refractivity contribution is 8.00. The summed E-state index contributed by atoms with van der Waals surface area (Å²) in [6.07, 6.45) is 0.403. The normalized spacial score (nSPS) is 20.6. The maximum absolute atomic E-state index is 12.6. The first-order chi connectivity index (χ1) is 11.5. The molecule has 0 saturated carbocycles. The third-order valence-corrected chi connectivity index (χ3v) is 5.21. The molecule has 2 aliphatic rings. The Hall–Kier alpha value is -1.79. The van der Waals surface area contributed by atoms with Gasteiger partial charge in [0.1, 0.15) is 5.57 Å². The van der Waals surface area contributed by atoms with Crippen LogP contribution in [-0.2, 0) is 14.3 Å². The Morgan fingerprint density at radius 1 is 1.46 bits per heavy atom. The zero-order chi connectivity index (χ0) is 17.3. The van der Waals surface area contributed by atoms with Crippen molar-refractivity contribution in [3.63, 3.8) is 0 Å². The molecular formula is C17H17ClN2O3S. The van der Waals surface area contributed by atoms with Crippen LogP contribution in [0.25, 0.3) is 5.70 Å². The number of amides is 1. The molecule has 1 fully saturated rings. The molecule has 2 aliphatic heterocycles. The third kappa shape index (κ3) is 2.96. The third-order valence-electron chi connectivity index (χ3n) is 3.82. The van der Waals surface area contributed by atoms with Gasteiger partial charge in [-0.3, -0.25) is 14.7 Å². The maximum atomic E-state index is 12.6. The standard InChI is InChI=1S/C17H17ClN2O3S/c1-3-23-16(22)14-10(2)19-17-20(13(21)8-9-24-17)15(14)11-6-4-5-7-12(11)18/h4-7,17H,3,8-9H2,1-2H3. The zero-order valence-corrected chi connectivity index (χ0v) is 15.0. The fourth-order valence-corrected chi connectivity index (χ4v) is 4.12. The van der Waals surface area contributed by atoms with Crippen LogP contribution in [0, 0.1) is 0 Å². The van der Waals surface area contributed by atoms with Crippen LogP contribution in [0.4, 0.5) is 0 Å². The molecular weight excluding hydrogens is 348 g/mol. The van der Waals surface area contributed by atoms with E-state index in [-0.39, 0.29) is 18.0 Å². The Balaban J connectivity index is 2.24. The molecule has 1 aromatic rings. The first-order valence-electron chi connectivity index (χ1n) is 7.69. The molecule has 0 spiro atoms.